The first-order valence-corrected chi connectivity index (χ1v) is 9.82. The molecule has 0 radical (unpaired) electrons. The van der Waals surface area contributed by atoms with Crippen LogP contribution < -0.4 is 9.62 Å². The van der Waals surface area contributed by atoms with Crippen molar-refractivity contribution in [2.24, 2.45) is 11.8 Å². The number of amides is 1. The third kappa shape index (κ3) is 3.42. The van der Waals surface area contributed by atoms with Crippen molar-refractivity contribution in [3.05, 3.63) is 30.3 Å². The predicted molar refractivity (Wildman–Crippen MR) is 93.8 cm³/mol. The number of fused-ring (bicyclic) bond motifs is 2. The van der Waals surface area contributed by atoms with Gasteiger partial charge in [-0.3, -0.25) is 4.79 Å². The largest absolute Gasteiger partial charge is 0.352 e. The predicted octanol–water partition coefficient (Wildman–Crippen LogP) is 1.60. The number of nitrogens with one attached hydrogen (secondary N) is 1. The van der Waals surface area contributed by atoms with E-state index in [1.165, 1.54) is 33.4 Å². The zero-order valence-corrected chi connectivity index (χ0v) is 15.0. The Morgan fingerprint density at radius 3 is 2.42 bits per heavy atom. The standard InChI is InChI=1S/C17H25N3O3S/c1-19(2)24(22,23)20(15-6-4-3-5-7-15)12-17(21)18-16-11-13-8-9-14(16)10-13/h3-7,13-14,16H,8-12H2,1-2H3,(H,18,21)/t13-,14-,16-/m0/s1. The Balaban J connectivity index is 1.73. The Labute approximate surface area is 144 Å². The molecule has 0 saturated heterocycles. The fourth-order valence-electron chi connectivity index (χ4n) is 3.90. The Kier molecular flexibility index (Phi) is 4.83. The second-order valence-electron chi connectivity index (χ2n) is 6.98. The lowest BCUT2D eigenvalue weighted by Crippen LogP contribution is -2.48. The van der Waals surface area contributed by atoms with Crippen LogP contribution in [-0.2, 0) is 15.0 Å². The molecular formula is C17H25N3O3S. The lowest BCUT2D eigenvalue weighted by atomic mass is 9.95. The van der Waals surface area contributed by atoms with E-state index in [1.54, 1.807) is 24.3 Å². The summed E-state index contributed by atoms with van der Waals surface area (Å²) in [6, 6.07) is 8.95. The minimum Gasteiger partial charge on any atom is -0.352 e. The summed E-state index contributed by atoms with van der Waals surface area (Å²) >= 11 is 0. The zero-order chi connectivity index (χ0) is 17.3. The van der Waals surface area contributed by atoms with E-state index in [4.69, 9.17) is 0 Å². The van der Waals surface area contributed by atoms with Gasteiger partial charge in [-0.1, -0.05) is 24.6 Å². The lowest BCUT2D eigenvalue weighted by molar-refractivity contribution is -0.120. The molecule has 0 heterocycles. The maximum atomic E-state index is 12.6. The van der Waals surface area contributed by atoms with Crippen molar-refractivity contribution in [2.45, 2.75) is 31.7 Å². The monoisotopic (exact) mass is 351 g/mol. The van der Waals surface area contributed by atoms with Gasteiger partial charge in [0.25, 0.3) is 0 Å². The molecule has 1 N–H and O–H groups in total. The molecule has 2 aliphatic rings. The van der Waals surface area contributed by atoms with Crippen LogP contribution in [0.25, 0.3) is 0 Å². The molecule has 7 heteroatoms. The van der Waals surface area contributed by atoms with Crippen molar-refractivity contribution in [1.82, 2.24) is 9.62 Å². The summed E-state index contributed by atoms with van der Waals surface area (Å²) in [6.45, 7) is -0.196. The van der Waals surface area contributed by atoms with Gasteiger partial charge in [0.1, 0.15) is 6.54 Å². The number of nitrogens with zero attached hydrogens (tertiary/aromatic N) is 2. The minimum absolute atomic E-state index is 0.196. The Bertz CT molecular complexity index is 690. The molecule has 0 unspecified atom stereocenters. The van der Waals surface area contributed by atoms with Gasteiger partial charge in [0, 0.05) is 20.1 Å². The fourth-order valence-corrected chi connectivity index (χ4v) is 4.96. The van der Waals surface area contributed by atoms with Gasteiger partial charge in [-0.05, 0) is 43.2 Å². The maximum absolute atomic E-state index is 12.6. The van der Waals surface area contributed by atoms with Crippen molar-refractivity contribution in [3.8, 4) is 0 Å². The van der Waals surface area contributed by atoms with E-state index in [0.717, 1.165) is 20.9 Å². The topological polar surface area (TPSA) is 69.7 Å². The van der Waals surface area contributed by atoms with Gasteiger partial charge in [0.15, 0.2) is 0 Å². The van der Waals surface area contributed by atoms with E-state index in [0.29, 0.717) is 11.6 Å². The number of carbonyl (C=O) groups excluding carboxylic acids is 1. The van der Waals surface area contributed by atoms with E-state index in [-0.39, 0.29) is 18.5 Å². The summed E-state index contributed by atoms with van der Waals surface area (Å²) in [5.41, 5.74) is 0.495. The molecule has 2 saturated carbocycles. The zero-order valence-electron chi connectivity index (χ0n) is 14.2. The van der Waals surface area contributed by atoms with Crippen LogP contribution in [0.15, 0.2) is 30.3 Å². The van der Waals surface area contributed by atoms with Crippen molar-refractivity contribution in [2.75, 3.05) is 24.9 Å². The number of hydrogen-bond acceptors (Lipinski definition) is 3. The molecule has 6 nitrogen and oxygen atoms in total. The highest BCUT2D eigenvalue weighted by molar-refractivity contribution is 7.90. The maximum Gasteiger partial charge on any atom is 0.304 e. The minimum atomic E-state index is -3.73. The summed E-state index contributed by atoms with van der Waals surface area (Å²) in [7, 11) is -0.783. The molecule has 2 fully saturated rings. The van der Waals surface area contributed by atoms with E-state index in [1.807, 2.05) is 6.07 Å². The van der Waals surface area contributed by atoms with Gasteiger partial charge in [-0.25, -0.2) is 4.31 Å². The van der Waals surface area contributed by atoms with E-state index < -0.39 is 10.2 Å². The highest BCUT2D eigenvalue weighted by Crippen LogP contribution is 2.44. The van der Waals surface area contributed by atoms with Crippen molar-refractivity contribution >= 4 is 21.8 Å². The molecule has 24 heavy (non-hydrogen) atoms. The first-order valence-electron chi connectivity index (χ1n) is 8.42. The first-order chi connectivity index (χ1) is 11.4. The third-order valence-electron chi connectivity index (χ3n) is 5.16. The van der Waals surface area contributed by atoms with Gasteiger partial charge in [0.05, 0.1) is 5.69 Å². The first kappa shape index (κ1) is 17.2. The van der Waals surface area contributed by atoms with Gasteiger partial charge in [-0.15, -0.1) is 0 Å². The second kappa shape index (κ2) is 6.72. The number of para-hydroxylation sites is 1. The second-order valence-corrected chi connectivity index (χ2v) is 9.05. The van der Waals surface area contributed by atoms with Crippen LogP contribution in [0.2, 0.25) is 0 Å². The molecule has 1 aromatic rings. The molecule has 0 aromatic heterocycles. The third-order valence-corrected chi connectivity index (χ3v) is 6.98. The average Bonchev–Trinajstić information content (AvgIpc) is 3.16. The van der Waals surface area contributed by atoms with E-state index >= 15 is 0 Å². The summed E-state index contributed by atoms with van der Waals surface area (Å²) in [6.07, 6.45) is 4.67. The van der Waals surface area contributed by atoms with Crippen molar-refractivity contribution in [3.63, 3.8) is 0 Å². The number of carbonyl (C=O) groups is 1. The summed E-state index contributed by atoms with van der Waals surface area (Å²) < 4.78 is 27.5. The van der Waals surface area contributed by atoms with Crippen LogP contribution in [0.1, 0.15) is 25.7 Å². The number of hydrogen-bond donors (Lipinski definition) is 1. The smallest absolute Gasteiger partial charge is 0.304 e. The number of benzene rings is 1. The summed E-state index contributed by atoms with van der Waals surface area (Å²) in [4.78, 5) is 12.5. The normalized spacial score (nSPS) is 25.9. The van der Waals surface area contributed by atoms with Crippen LogP contribution in [0.4, 0.5) is 5.69 Å². The van der Waals surface area contributed by atoms with Gasteiger partial charge >= 0.3 is 10.2 Å². The molecule has 1 amide bonds. The molecule has 2 bridgehead atoms. The van der Waals surface area contributed by atoms with Crippen LogP contribution in [0, 0.1) is 11.8 Å². The van der Waals surface area contributed by atoms with Crippen LogP contribution in [0.5, 0.6) is 0 Å². The fraction of sp³-hybridized carbons (Fsp3) is 0.588. The molecule has 3 rings (SSSR count). The number of rotatable bonds is 6. The Hall–Kier alpha value is -1.60. The molecule has 2 aliphatic carbocycles. The van der Waals surface area contributed by atoms with Gasteiger partial charge in [-0.2, -0.15) is 12.7 Å². The van der Waals surface area contributed by atoms with Crippen LogP contribution >= 0.6 is 0 Å². The average molecular weight is 351 g/mol. The molecule has 1 aromatic carbocycles. The van der Waals surface area contributed by atoms with Gasteiger partial charge in [0.2, 0.25) is 5.91 Å². The quantitative estimate of drug-likeness (QED) is 0.846. The van der Waals surface area contributed by atoms with E-state index in [2.05, 4.69) is 5.32 Å². The molecular weight excluding hydrogens is 326 g/mol. The van der Waals surface area contributed by atoms with E-state index in [9.17, 15) is 13.2 Å². The highest BCUT2D eigenvalue weighted by Gasteiger charge is 2.40. The summed E-state index contributed by atoms with van der Waals surface area (Å²) in [5.74, 6) is 1.06. The Morgan fingerprint density at radius 1 is 1.17 bits per heavy atom. The lowest BCUT2D eigenvalue weighted by Gasteiger charge is -2.28. The van der Waals surface area contributed by atoms with Crippen molar-refractivity contribution < 1.29 is 13.2 Å². The highest BCUT2D eigenvalue weighted by atomic mass is 32.2. The van der Waals surface area contributed by atoms with Crippen molar-refractivity contribution in [1.29, 1.82) is 0 Å². The summed E-state index contributed by atoms with van der Waals surface area (Å²) in [5, 5.41) is 3.06. The molecule has 3 atom stereocenters. The molecule has 0 aliphatic heterocycles. The molecule has 0 spiro atoms. The Morgan fingerprint density at radius 2 is 1.88 bits per heavy atom. The van der Waals surface area contributed by atoms with Gasteiger partial charge < -0.3 is 5.32 Å². The van der Waals surface area contributed by atoms with Crippen LogP contribution in [-0.4, -0.2) is 45.3 Å². The number of anilines is 1. The molecule has 132 valence electrons. The SMILES string of the molecule is CN(C)S(=O)(=O)N(CC(=O)N[C@H]1C[C@H]2CC[C@H]1C2)c1ccccc1. The van der Waals surface area contributed by atoms with Crippen LogP contribution in [0.3, 0.4) is 0 Å².